The zero-order chi connectivity index (χ0) is 19.2. The molecule has 0 bridgehead atoms. The van der Waals surface area contributed by atoms with Crippen molar-refractivity contribution in [2.24, 2.45) is 11.8 Å². The van der Waals surface area contributed by atoms with Gasteiger partial charge in [0.25, 0.3) is 0 Å². The van der Waals surface area contributed by atoms with Crippen LogP contribution in [0.15, 0.2) is 24.3 Å². The summed E-state index contributed by atoms with van der Waals surface area (Å²) in [7, 11) is 3.90. The fraction of sp³-hybridized carbons (Fsp3) is 0.714. The van der Waals surface area contributed by atoms with E-state index < -0.39 is 0 Å². The van der Waals surface area contributed by atoms with Crippen LogP contribution in [-0.2, 0) is 4.74 Å². The molecule has 1 N–H and O–H groups in total. The molecule has 0 saturated carbocycles. The smallest absolute Gasteiger partial charge is 0.0639 e. The minimum atomic E-state index is 0.289. The van der Waals surface area contributed by atoms with Crippen LogP contribution < -0.4 is 4.90 Å². The van der Waals surface area contributed by atoms with Gasteiger partial charge in [0.2, 0.25) is 0 Å². The minimum Gasteiger partial charge on any atom is -0.396 e. The fourth-order valence-corrected chi connectivity index (χ4v) is 4.86. The van der Waals surface area contributed by atoms with E-state index in [4.69, 9.17) is 16.3 Å². The Balaban J connectivity index is 1.51. The topological polar surface area (TPSA) is 39.2 Å². The summed E-state index contributed by atoms with van der Waals surface area (Å²) in [6.45, 7) is 7.25. The van der Waals surface area contributed by atoms with Gasteiger partial charge in [-0.2, -0.15) is 0 Å². The van der Waals surface area contributed by atoms with E-state index in [-0.39, 0.29) is 6.61 Å². The van der Waals surface area contributed by atoms with E-state index in [2.05, 4.69) is 33.9 Å². The summed E-state index contributed by atoms with van der Waals surface area (Å²) >= 11 is 6.37. The van der Waals surface area contributed by atoms with Gasteiger partial charge in [0.1, 0.15) is 0 Å². The van der Waals surface area contributed by atoms with E-state index in [1.54, 1.807) is 7.11 Å². The molecule has 2 aliphatic heterocycles. The largest absolute Gasteiger partial charge is 0.396 e. The highest BCUT2D eigenvalue weighted by atomic mass is 35.5. The molecule has 0 aromatic heterocycles. The number of aliphatic hydroxyl groups excluding tert-OH is 1. The average molecular weight is 396 g/mol. The van der Waals surface area contributed by atoms with E-state index >= 15 is 0 Å². The molecule has 1 aromatic carbocycles. The second-order valence-corrected chi connectivity index (χ2v) is 8.49. The van der Waals surface area contributed by atoms with Gasteiger partial charge in [0.15, 0.2) is 0 Å². The van der Waals surface area contributed by atoms with Gasteiger partial charge in [0, 0.05) is 59.0 Å². The van der Waals surface area contributed by atoms with Crippen molar-refractivity contribution >= 4 is 17.3 Å². The van der Waals surface area contributed by atoms with E-state index in [1.807, 2.05) is 12.1 Å². The molecule has 1 aromatic rings. The Kier molecular flexibility index (Phi) is 7.79. The third kappa shape index (κ3) is 5.36. The van der Waals surface area contributed by atoms with Gasteiger partial charge in [0.05, 0.1) is 17.3 Å². The zero-order valence-corrected chi connectivity index (χ0v) is 17.4. The number of likely N-dealkylation sites (tertiary alicyclic amines) is 1. The SMILES string of the molecule is COCCN(C)C[C@@H]1CN(C2CCN(c3ccccc3Cl)CC2)C[C@@H]1CO. The molecular formula is C21H34ClN3O2. The lowest BCUT2D eigenvalue weighted by Gasteiger charge is -2.38. The van der Waals surface area contributed by atoms with Crippen LogP contribution in [0.4, 0.5) is 5.69 Å². The number of methoxy groups -OCH3 is 1. The Hall–Kier alpha value is -0.850. The molecule has 27 heavy (non-hydrogen) atoms. The number of anilines is 1. The first kappa shape index (κ1) is 20.9. The summed E-state index contributed by atoms with van der Waals surface area (Å²) in [4.78, 5) is 7.37. The van der Waals surface area contributed by atoms with Crippen molar-refractivity contribution < 1.29 is 9.84 Å². The Morgan fingerprint density at radius 3 is 2.56 bits per heavy atom. The van der Waals surface area contributed by atoms with Crippen molar-refractivity contribution in [2.75, 3.05) is 71.5 Å². The van der Waals surface area contributed by atoms with Gasteiger partial charge in [-0.15, -0.1) is 0 Å². The number of nitrogens with zero attached hydrogens (tertiary/aromatic N) is 3. The predicted molar refractivity (Wildman–Crippen MR) is 112 cm³/mol. The number of hydrogen-bond donors (Lipinski definition) is 1. The molecule has 2 atom stereocenters. The quantitative estimate of drug-likeness (QED) is 0.731. The lowest BCUT2D eigenvalue weighted by Crippen LogP contribution is -2.44. The van der Waals surface area contributed by atoms with Gasteiger partial charge < -0.3 is 19.6 Å². The average Bonchev–Trinajstić information content (AvgIpc) is 3.09. The van der Waals surface area contributed by atoms with E-state index in [9.17, 15) is 5.11 Å². The molecule has 2 fully saturated rings. The summed E-state index contributed by atoms with van der Waals surface area (Å²) in [6, 6.07) is 8.75. The highest BCUT2D eigenvalue weighted by Crippen LogP contribution is 2.32. The number of para-hydroxylation sites is 1. The highest BCUT2D eigenvalue weighted by molar-refractivity contribution is 6.33. The standard InChI is InChI=1S/C21H34ClN3O2/c1-23(11-12-27-2)13-17-14-25(15-18(17)16-26)19-7-9-24(10-8-19)21-6-4-3-5-20(21)22/h3-6,17-19,26H,7-16H2,1-2H3/t17-,18-/m1/s1. The maximum atomic E-state index is 9.87. The monoisotopic (exact) mass is 395 g/mol. The van der Waals surface area contributed by atoms with Crippen molar-refractivity contribution in [3.8, 4) is 0 Å². The number of benzene rings is 1. The van der Waals surface area contributed by atoms with Crippen LogP contribution in [0.5, 0.6) is 0 Å². The van der Waals surface area contributed by atoms with E-state index in [1.165, 1.54) is 0 Å². The highest BCUT2D eigenvalue weighted by Gasteiger charge is 2.37. The lowest BCUT2D eigenvalue weighted by atomic mass is 9.96. The third-order valence-corrected chi connectivity index (χ3v) is 6.56. The van der Waals surface area contributed by atoms with Crippen LogP contribution in [-0.4, -0.2) is 87.6 Å². The van der Waals surface area contributed by atoms with Crippen LogP contribution in [0, 0.1) is 11.8 Å². The molecule has 0 radical (unpaired) electrons. The summed E-state index contributed by atoms with van der Waals surface area (Å²) in [5.41, 5.74) is 1.16. The van der Waals surface area contributed by atoms with Crippen molar-refractivity contribution in [3.05, 3.63) is 29.3 Å². The van der Waals surface area contributed by atoms with Crippen molar-refractivity contribution in [1.29, 1.82) is 0 Å². The van der Waals surface area contributed by atoms with Crippen LogP contribution in [0.3, 0.4) is 0 Å². The van der Waals surface area contributed by atoms with Gasteiger partial charge in [-0.3, -0.25) is 4.90 Å². The Bertz CT molecular complexity index is 580. The Morgan fingerprint density at radius 1 is 1.19 bits per heavy atom. The van der Waals surface area contributed by atoms with Crippen molar-refractivity contribution in [3.63, 3.8) is 0 Å². The first-order valence-electron chi connectivity index (χ1n) is 10.1. The van der Waals surface area contributed by atoms with Gasteiger partial charge in [-0.1, -0.05) is 23.7 Å². The summed E-state index contributed by atoms with van der Waals surface area (Å²) in [5, 5.41) is 10.7. The molecule has 0 amide bonds. The van der Waals surface area contributed by atoms with Gasteiger partial charge >= 0.3 is 0 Å². The first-order chi connectivity index (χ1) is 13.1. The minimum absolute atomic E-state index is 0.289. The summed E-state index contributed by atoms with van der Waals surface area (Å²) < 4.78 is 5.19. The molecule has 0 spiro atoms. The zero-order valence-electron chi connectivity index (χ0n) is 16.7. The van der Waals surface area contributed by atoms with Crippen LogP contribution in [0.2, 0.25) is 5.02 Å². The number of hydrogen-bond acceptors (Lipinski definition) is 5. The van der Waals surface area contributed by atoms with Crippen molar-refractivity contribution in [2.45, 2.75) is 18.9 Å². The molecule has 5 nitrogen and oxygen atoms in total. The molecule has 6 heteroatoms. The van der Waals surface area contributed by atoms with Gasteiger partial charge in [-0.05, 0) is 43.9 Å². The number of aliphatic hydroxyl groups is 1. The predicted octanol–water partition coefficient (Wildman–Crippen LogP) is 2.43. The normalized spacial score (nSPS) is 24.9. The maximum absolute atomic E-state index is 9.87. The molecule has 3 rings (SSSR count). The molecular weight excluding hydrogens is 362 g/mol. The molecule has 0 aliphatic carbocycles. The first-order valence-corrected chi connectivity index (χ1v) is 10.5. The maximum Gasteiger partial charge on any atom is 0.0639 e. The van der Waals surface area contributed by atoms with E-state index in [0.29, 0.717) is 17.9 Å². The van der Waals surface area contributed by atoms with Crippen molar-refractivity contribution in [1.82, 2.24) is 9.80 Å². The number of halogens is 1. The molecule has 2 aliphatic rings. The molecule has 152 valence electrons. The second-order valence-electron chi connectivity index (χ2n) is 8.08. The number of ether oxygens (including phenoxy) is 1. The molecule has 2 saturated heterocycles. The number of piperidine rings is 1. The third-order valence-electron chi connectivity index (χ3n) is 6.24. The van der Waals surface area contributed by atoms with E-state index in [0.717, 1.165) is 69.4 Å². The summed E-state index contributed by atoms with van der Waals surface area (Å²) in [6.07, 6.45) is 2.32. The number of likely N-dealkylation sites (N-methyl/N-ethyl adjacent to an activating group) is 1. The summed E-state index contributed by atoms with van der Waals surface area (Å²) in [5.74, 6) is 0.926. The molecule has 0 unspecified atom stereocenters. The molecule has 2 heterocycles. The lowest BCUT2D eigenvalue weighted by molar-refractivity contribution is 0.136. The second kappa shape index (κ2) is 10.1. The van der Waals surface area contributed by atoms with Crippen LogP contribution >= 0.6 is 11.6 Å². The number of rotatable bonds is 8. The van der Waals surface area contributed by atoms with Crippen LogP contribution in [0.1, 0.15) is 12.8 Å². The Labute approximate surface area is 168 Å². The van der Waals surface area contributed by atoms with Crippen LogP contribution in [0.25, 0.3) is 0 Å². The van der Waals surface area contributed by atoms with Gasteiger partial charge in [-0.25, -0.2) is 0 Å². The fourth-order valence-electron chi connectivity index (χ4n) is 4.61. The Morgan fingerprint density at radius 2 is 1.89 bits per heavy atom.